The normalized spacial score (nSPS) is 12.5. The topological polar surface area (TPSA) is 82.4 Å². The summed E-state index contributed by atoms with van der Waals surface area (Å²) in [4.78, 5) is 30.7. The Morgan fingerprint density at radius 3 is 2.61 bits per heavy atom. The third-order valence-electron chi connectivity index (χ3n) is 5.08. The zero-order chi connectivity index (χ0) is 21.2. The number of hydrogen-bond donors (Lipinski definition) is 1. The first kappa shape index (κ1) is 18.9. The molecule has 1 N–H and O–H groups in total. The number of anilines is 1. The molecule has 0 saturated heterocycles. The van der Waals surface area contributed by atoms with Gasteiger partial charge in [0.15, 0.2) is 11.5 Å². The Bertz CT molecular complexity index is 1330. The zero-order valence-electron chi connectivity index (χ0n) is 16.6. The lowest BCUT2D eigenvalue weighted by molar-refractivity contribution is 0.102. The highest BCUT2D eigenvalue weighted by atomic mass is 16.6. The fourth-order valence-corrected chi connectivity index (χ4v) is 3.60. The number of hydrogen-bond acceptors (Lipinski definition) is 5. The molecule has 154 valence electrons. The SMILES string of the molecule is O=C(Nc1ccc2c(c1)OCCO2)c1cc2cccnc2n(Cc2ccccc2)c1=O. The van der Waals surface area contributed by atoms with E-state index in [2.05, 4.69) is 10.3 Å². The van der Waals surface area contributed by atoms with Crippen molar-refractivity contribution >= 4 is 22.6 Å². The Balaban J connectivity index is 1.53. The molecule has 0 unspecified atom stereocenters. The summed E-state index contributed by atoms with van der Waals surface area (Å²) >= 11 is 0. The van der Waals surface area contributed by atoms with Crippen molar-refractivity contribution in [3.63, 3.8) is 0 Å². The van der Waals surface area contributed by atoms with Crippen molar-refractivity contribution in [3.8, 4) is 11.5 Å². The number of carbonyl (C=O) groups is 1. The molecule has 7 nitrogen and oxygen atoms in total. The van der Waals surface area contributed by atoms with Gasteiger partial charge in [-0.05, 0) is 35.9 Å². The van der Waals surface area contributed by atoms with E-state index in [9.17, 15) is 9.59 Å². The van der Waals surface area contributed by atoms with Crippen molar-refractivity contribution in [3.05, 3.63) is 94.4 Å². The second kappa shape index (κ2) is 7.95. The molecule has 2 aromatic carbocycles. The zero-order valence-corrected chi connectivity index (χ0v) is 16.6. The molecule has 0 spiro atoms. The maximum Gasteiger partial charge on any atom is 0.265 e. The van der Waals surface area contributed by atoms with Crippen LogP contribution in [0.25, 0.3) is 11.0 Å². The van der Waals surface area contributed by atoms with Gasteiger partial charge in [0.2, 0.25) is 0 Å². The minimum Gasteiger partial charge on any atom is -0.486 e. The van der Waals surface area contributed by atoms with E-state index in [1.54, 1.807) is 36.5 Å². The Labute approximate surface area is 177 Å². The van der Waals surface area contributed by atoms with Crippen LogP contribution in [0, 0.1) is 0 Å². The number of nitrogens with one attached hydrogen (secondary N) is 1. The number of nitrogens with zero attached hydrogens (tertiary/aromatic N) is 2. The molecule has 1 aliphatic heterocycles. The number of ether oxygens (including phenoxy) is 2. The lowest BCUT2D eigenvalue weighted by Crippen LogP contribution is -2.30. The lowest BCUT2D eigenvalue weighted by atomic mass is 10.1. The number of carbonyl (C=O) groups excluding carboxylic acids is 1. The van der Waals surface area contributed by atoms with E-state index in [1.807, 2.05) is 36.4 Å². The van der Waals surface area contributed by atoms with Crippen LogP contribution in [0.4, 0.5) is 5.69 Å². The smallest absolute Gasteiger partial charge is 0.265 e. The van der Waals surface area contributed by atoms with E-state index >= 15 is 0 Å². The van der Waals surface area contributed by atoms with Gasteiger partial charge in [-0.15, -0.1) is 0 Å². The van der Waals surface area contributed by atoms with Gasteiger partial charge in [-0.1, -0.05) is 30.3 Å². The van der Waals surface area contributed by atoms with Crippen LogP contribution in [-0.4, -0.2) is 28.7 Å². The van der Waals surface area contributed by atoms with Crippen LogP contribution in [0.1, 0.15) is 15.9 Å². The Kier molecular flexibility index (Phi) is 4.84. The van der Waals surface area contributed by atoms with E-state index in [4.69, 9.17) is 9.47 Å². The highest BCUT2D eigenvalue weighted by molar-refractivity contribution is 6.05. The molecular weight excluding hydrogens is 394 g/mol. The second-order valence-corrected chi connectivity index (χ2v) is 7.16. The van der Waals surface area contributed by atoms with E-state index in [-0.39, 0.29) is 5.56 Å². The Hall–Kier alpha value is -4.13. The van der Waals surface area contributed by atoms with Gasteiger partial charge in [0, 0.05) is 23.3 Å². The van der Waals surface area contributed by atoms with Gasteiger partial charge in [0.05, 0.1) is 6.54 Å². The van der Waals surface area contributed by atoms with E-state index < -0.39 is 11.5 Å². The quantitative estimate of drug-likeness (QED) is 0.554. The summed E-state index contributed by atoms with van der Waals surface area (Å²) < 4.78 is 12.6. The molecule has 7 heteroatoms. The first-order chi connectivity index (χ1) is 15.2. The molecule has 0 aliphatic carbocycles. The Morgan fingerprint density at radius 2 is 1.77 bits per heavy atom. The molecule has 0 atom stereocenters. The average molecular weight is 413 g/mol. The lowest BCUT2D eigenvalue weighted by Gasteiger charge is -2.19. The van der Waals surface area contributed by atoms with E-state index in [0.29, 0.717) is 48.0 Å². The molecule has 1 aliphatic rings. The van der Waals surface area contributed by atoms with Crippen LogP contribution < -0.4 is 20.3 Å². The van der Waals surface area contributed by atoms with E-state index in [1.165, 1.54) is 4.57 Å². The fourth-order valence-electron chi connectivity index (χ4n) is 3.60. The van der Waals surface area contributed by atoms with Crippen molar-refractivity contribution < 1.29 is 14.3 Å². The maximum atomic E-state index is 13.3. The summed E-state index contributed by atoms with van der Waals surface area (Å²) in [5, 5.41) is 3.51. The fraction of sp³-hybridized carbons (Fsp3) is 0.125. The minimum absolute atomic E-state index is 0.0475. The third-order valence-corrected chi connectivity index (χ3v) is 5.08. The third kappa shape index (κ3) is 3.73. The van der Waals surface area contributed by atoms with Gasteiger partial charge in [-0.25, -0.2) is 4.98 Å². The number of fused-ring (bicyclic) bond motifs is 2. The molecule has 5 rings (SSSR count). The maximum absolute atomic E-state index is 13.3. The van der Waals surface area contributed by atoms with Gasteiger partial charge in [0.1, 0.15) is 24.4 Å². The summed E-state index contributed by atoms with van der Waals surface area (Å²) in [6, 6.07) is 20.0. The van der Waals surface area contributed by atoms with Crippen LogP contribution >= 0.6 is 0 Å². The molecule has 0 radical (unpaired) electrons. The largest absolute Gasteiger partial charge is 0.486 e. The van der Waals surface area contributed by atoms with Gasteiger partial charge in [-0.3, -0.25) is 14.2 Å². The van der Waals surface area contributed by atoms with Gasteiger partial charge >= 0.3 is 0 Å². The van der Waals surface area contributed by atoms with Gasteiger partial charge in [-0.2, -0.15) is 0 Å². The minimum atomic E-state index is -0.491. The summed E-state index contributed by atoms with van der Waals surface area (Å²) in [6.07, 6.45) is 1.64. The van der Waals surface area contributed by atoms with E-state index in [0.717, 1.165) is 5.56 Å². The van der Waals surface area contributed by atoms with Crippen LogP contribution in [0.3, 0.4) is 0 Å². The average Bonchev–Trinajstić information content (AvgIpc) is 2.81. The summed E-state index contributed by atoms with van der Waals surface area (Å²) in [7, 11) is 0. The van der Waals surface area contributed by atoms with Crippen molar-refractivity contribution in [2.24, 2.45) is 0 Å². The standard InChI is InChI=1S/C24H19N3O4/c28-23(26-18-8-9-20-21(14-18)31-12-11-30-20)19-13-17-7-4-10-25-22(17)27(24(19)29)15-16-5-2-1-3-6-16/h1-10,13-14H,11-12,15H2,(H,26,28). The first-order valence-corrected chi connectivity index (χ1v) is 9.92. The molecule has 2 aromatic heterocycles. The van der Waals surface area contributed by atoms with Crippen LogP contribution in [0.15, 0.2) is 77.7 Å². The number of rotatable bonds is 4. The van der Waals surface area contributed by atoms with Gasteiger partial charge in [0.25, 0.3) is 11.5 Å². The monoisotopic (exact) mass is 413 g/mol. The summed E-state index contributed by atoms with van der Waals surface area (Å²) in [5.74, 6) is 0.703. The van der Waals surface area contributed by atoms with Crippen LogP contribution in [0.5, 0.6) is 11.5 Å². The molecular formula is C24H19N3O4. The molecule has 31 heavy (non-hydrogen) atoms. The Morgan fingerprint density at radius 1 is 0.968 bits per heavy atom. The predicted octanol–water partition coefficient (Wildman–Crippen LogP) is 3.47. The molecule has 1 amide bonds. The molecule has 0 fully saturated rings. The van der Waals surface area contributed by atoms with Gasteiger partial charge < -0.3 is 14.8 Å². The summed E-state index contributed by atoms with van der Waals surface area (Å²) in [5.41, 5.74) is 1.65. The second-order valence-electron chi connectivity index (χ2n) is 7.16. The molecule has 0 saturated carbocycles. The molecule has 3 heterocycles. The summed E-state index contributed by atoms with van der Waals surface area (Å²) in [6.45, 7) is 1.26. The molecule has 0 bridgehead atoms. The first-order valence-electron chi connectivity index (χ1n) is 9.92. The predicted molar refractivity (Wildman–Crippen MR) is 117 cm³/mol. The van der Waals surface area contributed by atoms with Crippen molar-refractivity contribution in [1.29, 1.82) is 0 Å². The van der Waals surface area contributed by atoms with Crippen LogP contribution in [-0.2, 0) is 6.54 Å². The van der Waals surface area contributed by atoms with Crippen molar-refractivity contribution in [2.45, 2.75) is 6.54 Å². The van der Waals surface area contributed by atoms with Crippen LogP contribution in [0.2, 0.25) is 0 Å². The number of aromatic nitrogens is 2. The number of benzene rings is 2. The highest BCUT2D eigenvalue weighted by Crippen LogP contribution is 2.32. The van der Waals surface area contributed by atoms with Crippen molar-refractivity contribution in [2.75, 3.05) is 18.5 Å². The molecule has 4 aromatic rings. The number of amides is 1. The highest BCUT2D eigenvalue weighted by Gasteiger charge is 2.18. The van der Waals surface area contributed by atoms with Crippen molar-refractivity contribution in [1.82, 2.24) is 9.55 Å². The number of pyridine rings is 2.